The van der Waals surface area contributed by atoms with Crippen LogP contribution in [0.25, 0.3) is 11.1 Å². The van der Waals surface area contributed by atoms with Crippen molar-refractivity contribution in [3.05, 3.63) is 28.4 Å². The molecule has 1 aromatic carbocycles. The summed E-state index contributed by atoms with van der Waals surface area (Å²) in [5, 5.41) is 21.9. The molecule has 0 bridgehead atoms. The van der Waals surface area contributed by atoms with Crippen LogP contribution in [0, 0.1) is 0 Å². The number of aromatic hydroxyl groups is 2. The summed E-state index contributed by atoms with van der Waals surface area (Å²) in [6, 6.07) is 3.57. The molecule has 2 aromatic rings. The molecule has 0 radical (unpaired) electrons. The Labute approximate surface area is 134 Å². The molecule has 0 spiro atoms. The van der Waals surface area contributed by atoms with E-state index in [-0.39, 0.29) is 11.6 Å². The van der Waals surface area contributed by atoms with E-state index in [0.717, 1.165) is 49.0 Å². The number of benzene rings is 1. The van der Waals surface area contributed by atoms with Gasteiger partial charge in [-0.2, -0.15) is 0 Å². The lowest BCUT2D eigenvalue weighted by atomic mass is 9.97. The number of nitrogens with zero attached hydrogens (tertiary/aromatic N) is 1. The van der Waals surface area contributed by atoms with Crippen LogP contribution in [0.2, 0.25) is 5.02 Å². The molecule has 0 aliphatic carbocycles. The molecule has 1 aliphatic heterocycles. The van der Waals surface area contributed by atoms with Crippen molar-refractivity contribution < 1.29 is 14.9 Å². The van der Waals surface area contributed by atoms with Gasteiger partial charge in [-0.25, -0.2) is 0 Å². The van der Waals surface area contributed by atoms with Crippen molar-refractivity contribution >= 4 is 11.6 Å². The number of aromatic nitrogens is 1. The van der Waals surface area contributed by atoms with E-state index in [4.69, 9.17) is 16.3 Å². The Balaban J connectivity index is 2.30. The number of aryl methyl sites for hydroxylation is 1. The molecule has 1 aliphatic rings. The third-order valence-corrected chi connectivity index (χ3v) is 4.58. The maximum absolute atomic E-state index is 10.6. The Kier molecular flexibility index (Phi) is 3.96. The number of hydrogen-bond acceptors (Lipinski definition) is 3. The van der Waals surface area contributed by atoms with E-state index >= 15 is 0 Å². The largest absolute Gasteiger partial charge is 0.505 e. The summed E-state index contributed by atoms with van der Waals surface area (Å²) in [5.74, 6) is 0.841. The van der Waals surface area contributed by atoms with Crippen molar-refractivity contribution in [1.29, 1.82) is 0 Å². The van der Waals surface area contributed by atoms with E-state index in [9.17, 15) is 10.2 Å². The predicted octanol–water partition coefficient (Wildman–Crippen LogP) is 4.13. The first-order valence-electron chi connectivity index (χ1n) is 7.58. The molecular formula is C17H20ClNO3. The number of ether oxygens (including phenoxy) is 1. The molecule has 0 unspecified atom stereocenters. The monoisotopic (exact) mass is 321 g/mol. The van der Waals surface area contributed by atoms with Gasteiger partial charge >= 0.3 is 0 Å². The fraction of sp³-hybridized carbons (Fsp3) is 0.412. The van der Waals surface area contributed by atoms with Crippen LogP contribution in [0.5, 0.6) is 17.4 Å². The van der Waals surface area contributed by atoms with Gasteiger partial charge in [-0.15, -0.1) is 0 Å². The molecule has 118 valence electrons. The number of methoxy groups -OCH3 is 1. The summed E-state index contributed by atoms with van der Waals surface area (Å²) in [4.78, 5) is 0. The van der Waals surface area contributed by atoms with Crippen LogP contribution in [0.4, 0.5) is 0 Å². The van der Waals surface area contributed by atoms with Gasteiger partial charge in [0.2, 0.25) is 5.88 Å². The van der Waals surface area contributed by atoms with Gasteiger partial charge in [-0.3, -0.25) is 0 Å². The van der Waals surface area contributed by atoms with Crippen LogP contribution in [-0.2, 0) is 19.4 Å². The minimum absolute atomic E-state index is 0.113. The maximum Gasteiger partial charge on any atom is 0.203 e. The molecule has 0 saturated heterocycles. The molecule has 3 rings (SSSR count). The molecule has 22 heavy (non-hydrogen) atoms. The van der Waals surface area contributed by atoms with Crippen molar-refractivity contribution in [3.8, 4) is 28.5 Å². The van der Waals surface area contributed by atoms with Crippen molar-refractivity contribution in [1.82, 2.24) is 4.57 Å². The van der Waals surface area contributed by atoms with E-state index < -0.39 is 0 Å². The molecule has 5 heteroatoms. The molecule has 1 aromatic heterocycles. The van der Waals surface area contributed by atoms with Crippen molar-refractivity contribution in [2.24, 2.45) is 0 Å². The zero-order valence-corrected chi connectivity index (χ0v) is 13.6. The fourth-order valence-electron chi connectivity index (χ4n) is 3.29. The van der Waals surface area contributed by atoms with Gasteiger partial charge in [0, 0.05) is 17.1 Å². The highest BCUT2D eigenvalue weighted by Crippen LogP contribution is 2.49. The summed E-state index contributed by atoms with van der Waals surface area (Å²) in [6.07, 6.45) is 3.53. The maximum atomic E-state index is 10.6. The van der Waals surface area contributed by atoms with Gasteiger partial charge < -0.3 is 19.5 Å². The Morgan fingerprint density at radius 2 is 2.00 bits per heavy atom. The number of hydrogen-bond donors (Lipinski definition) is 2. The quantitative estimate of drug-likeness (QED) is 0.893. The first-order valence-corrected chi connectivity index (χ1v) is 7.96. The van der Waals surface area contributed by atoms with Crippen LogP contribution in [0.15, 0.2) is 12.1 Å². The Morgan fingerprint density at radius 3 is 2.64 bits per heavy atom. The zero-order chi connectivity index (χ0) is 15.9. The van der Waals surface area contributed by atoms with Crippen LogP contribution in [0.3, 0.4) is 0 Å². The highest BCUT2D eigenvalue weighted by Gasteiger charge is 2.28. The van der Waals surface area contributed by atoms with Crippen molar-refractivity contribution in [3.63, 3.8) is 0 Å². The topological polar surface area (TPSA) is 54.6 Å². The normalized spacial score (nSPS) is 14.0. The molecule has 0 fully saturated rings. The van der Waals surface area contributed by atoms with Gasteiger partial charge in [-0.1, -0.05) is 18.5 Å². The van der Waals surface area contributed by atoms with E-state index in [2.05, 4.69) is 0 Å². The number of halogens is 1. The minimum Gasteiger partial charge on any atom is -0.505 e. The Hall–Kier alpha value is -1.81. The second-order valence-electron chi connectivity index (χ2n) is 5.60. The summed E-state index contributed by atoms with van der Waals surface area (Å²) in [5.41, 5.74) is 2.93. The zero-order valence-electron chi connectivity index (χ0n) is 12.8. The smallest absolute Gasteiger partial charge is 0.203 e. The molecule has 2 N–H and O–H groups in total. The number of rotatable bonds is 3. The van der Waals surface area contributed by atoms with E-state index in [1.165, 1.54) is 0 Å². The van der Waals surface area contributed by atoms with E-state index in [1.807, 2.05) is 17.6 Å². The average molecular weight is 322 g/mol. The fourth-order valence-corrected chi connectivity index (χ4v) is 3.52. The van der Waals surface area contributed by atoms with Crippen LogP contribution >= 0.6 is 11.6 Å². The second kappa shape index (κ2) is 5.76. The molecule has 0 saturated carbocycles. The first kappa shape index (κ1) is 15.1. The van der Waals surface area contributed by atoms with Crippen LogP contribution in [-0.4, -0.2) is 21.9 Å². The van der Waals surface area contributed by atoms with Crippen molar-refractivity contribution in [2.45, 2.75) is 39.2 Å². The van der Waals surface area contributed by atoms with Crippen LogP contribution < -0.4 is 4.74 Å². The number of fused-ring (bicyclic) bond motifs is 1. The molecule has 2 heterocycles. The van der Waals surface area contributed by atoms with Crippen LogP contribution in [0.1, 0.15) is 31.0 Å². The van der Waals surface area contributed by atoms with E-state index in [1.54, 1.807) is 13.2 Å². The van der Waals surface area contributed by atoms with Gasteiger partial charge in [0.05, 0.1) is 18.4 Å². The third kappa shape index (κ3) is 2.22. The standard InChI is InChI=1S/C17H20ClNO3/c1-3-10-8-11(18)9-13(22-2)14(10)15-16(20)12-6-4-5-7-19(12)17(15)21/h8-9,20-21H,3-7H2,1-2H3. The molecule has 4 nitrogen and oxygen atoms in total. The summed E-state index contributed by atoms with van der Waals surface area (Å²) in [6.45, 7) is 2.74. The SMILES string of the molecule is CCc1cc(Cl)cc(OC)c1-c1c(O)c2n(c1O)CCCC2. The lowest BCUT2D eigenvalue weighted by Crippen LogP contribution is -2.08. The highest BCUT2D eigenvalue weighted by molar-refractivity contribution is 6.31. The summed E-state index contributed by atoms with van der Waals surface area (Å²) in [7, 11) is 1.57. The Morgan fingerprint density at radius 1 is 1.23 bits per heavy atom. The van der Waals surface area contributed by atoms with Gasteiger partial charge in [-0.05, 0) is 43.4 Å². The van der Waals surface area contributed by atoms with Gasteiger partial charge in [0.1, 0.15) is 11.5 Å². The third-order valence-electron chi connectivity index (χ3n) is 4.36. The second-order valence-corrected chi connectivity index (χ2v) is 6.03. The van der Waals surface area contributed by atoms with E-state index in [0.29, 0.717) is 16.3 Å². The van der Waals surface area contributed by atoms with Gasteiger partial charge in [0.25, 0.3) is 0 Å². The lowest BCUT2D eigenvalue weighted by Gasteiger charge is -2.15. The van der Waals surface area contributed by atoms with Gasteiger partial charge in [0.15, 0.2) is 0 Å². The summed E-state index contributed by atoms with van der Waals surface area (Å²) >= 11 is 6.14. The average Bonchev–Trinajstić information content (AvgIpc) is 2.78. The Bertz CT molecular complexity index is 667. The lowest BCUT2D eigenvalue weighted by molar-refractivity contribution is 0.391. The first-order chi connectivity index (χ1) is 10.6. The predicted molar refractivity (Wildman–Crippen MR) is 87.1 cm³/mol. The molecule has 0 amide bonds. The van der Waals surface area contributed by atoms with Crippen molar-refractivity contribution in [2.75, 3.05) is 7.11 Å². The molecular weight excluding hydrogens is 302 g/mol. The molecule has 0 atom stereocenters. The highest BCUT2D eigenvalue weighted by atomic mass is 35.5. The minimum atomic E-state index is 0.113. The summed E-state index contributed by atoms with van der Waals surface area (Å²) < 4.78 is 7.26.